The van der Waals surface area contributed by atoms with Crippen molar-refractivity contribution in [3.8, 4) is 0 Å². The van der Waals surface area contributed by atoms with E-state index in [2.05, 4.69) is 12.3 Å². The maximum atomic E-state index is 12.9. The lowest BCUT2D eigenvalue weighted by Gasteiger charge is -2.08. The van der Waals surface area contributed by atoms with E-state index in [1.807, 2.05) is 19.9 Å². The fourth-order valence-corrected chi connectivity index (χ4v) is 1.30. The molecule has 0 aliphatic carbocycles. The van der Waals surface area contributed by atoms with Gasteiger partial charge in [0.2, 0.25) is 0 Å². The van der Waals surface area contributed by atoms with Crippen molar-refractivity contribution in [2.45, 2.75) is 13.8 Å². The Labute approximate surface area is 78.4 Å². The Bertz CT molecular complexity index is 344. The molecular weight excluding hydrogens is 163 g/mol. The topological polar surface area (TPSA) is 0 Å². The van der Waals surface area contributed by atoms with Crippen molar-refractivity contribution < 1.29 is 4.39 Å². The highest BCUT2D eigenvalue weighted by atomic mass is 19.1. The second-order valence-electron chi connectivity index (χ2n) is 3.26. The first kappa shape index (κ1) is 9.76. The number of halogens is 1. The van der Waals surface area contributed by atoms with E-state index in [-0.39, 0.29) is 5.82 Å². The van der Waals surface area contributed by atoms with Crippen molar-refractivity contribution in [1.29, 1.82) is 0 Å². The molecule has 0 atom stereocenters. The maximum Gasteiger partial charge on any atom is 0.123 e. The zero-order valence-corrected chi connectivity index (χ0v) is 7.97. The van der Waals surface area contributed by atoms with Crippen LogP contribution in [-0.2, 0) is 0 Å². The van der Waals surface area contributed by atoms with Crippen molar-refractivity contribution >= 4 is 5.57 Å². The molecule has 0 radical (unpaired) electrons. The molecule has 68 valence electrons. The lowest BCUT2D eigenvalue weighted by molar-refractivity contribution is 0.627. The van der Waals surface area contributed by atoms with Gasteiger partial charge in [0.05, 0.1) is 0 Å². The quantitative estimate of drug-likeness (QED) is 0.603. The van der Waals surface area contributed by atoms with Crippen molar-refractivity contribution in [3.05, 3.63) is 48.0 Å². The van der Waals surface area contributed by atoms with Crippen molar-refractivity contribution in [3.63, 3.8) is 0 Å². The molecule has 0 aliphatic heterocycles. The van der Waals surface area contributed by atoms with Gasteiger partial charge in [-0.15, -0.1) is 5.73 Å². The van der Waals surface area contributed by atoms with Gasteiger partial charge in [-0.2, -0.15) is 0 Å². The van der Waals surface area contributed by atoms with E-state index >= 15 is 0 Å². The van der Waals surface area contributed by atoms with Gasteiger partial charge in [-0.1, -0.05) is 32.6 Å². The number of hydrogen-bond acceptors (Lipinski definition) is 0. The Hall–Kier alpha value is -1.33. The number of allylic oxidation sites excluding steroid dienone is 1. The molecule has 0 N–H and O–H groups in total. The summed E-state index contributed by atoms with van der Waals surface area (Å²) in [6.07, 6.45) is 0. The van der Waals surface area contributed by atoms with E-state index in [4.69, 9.17) is 0 Å². The molecule has 1 heteroatoms. The van der Waals surface area contributed by atoms with Crippen LogP contribution in [0.2, 0.25) is 0 Å². The van der Waals surface area contributed by atoms with Gasteiger partial charge in [-0.25, -0.2) is 4.39 Å². The second kappa shape index (κ2) is 4.06. The molecule has 0 saturated carbocycles. The highest BCUT2D eigenvalue weighted by Gasteiger charge is 2.05. The van der Waals surface area contributed by atoms with E-state index in [1.165, 1.54) is 12.1 Å². The van der Waals surface area contributed by atoms with E-state index in [9.17, 15) is 4.39 Å². The van der Waals surface area contributed by atoms with Gasteiger partial charge in [0, 0.05) is 5.57 Å². The van der Waals surface area contributed by atoms with Gasteiger partial charge in [-0.05, 0) is 23.6 Å². The van der Waals surface area contributed by atoms with E-state index < -0.39 is 0 Å². The summed E-state index contributed by atoms with van der Waals surface area (Å²) in [6.45, 7) is 7.68. The smallest absolute Gasteiger partial charge is 0.123 e. The van der Waals surface area contributed by atoms with Crippen molar-refractivity contribution in [2.75, 3.05) is 0 Å². The summed E-state index contributed by atoms with van der Waals surface area (Å²) in [6, 6.07) is 6.51. The summed E-state index contributed by atoms with van der Waals surface area (Å²) < 4.78 is 12.9. The van der Waals surface area contributed by atoms with E-state index in [0.29, 0.717) is 5.92 Å². The van der Waals surface area contributed by atoms with Crippen LogP contribution in [-0.4, -0.2) is 0 Å². The summed E-state index contributed by atoms with van der Waals surface area (Å²) >= 11 is 0. The van der Waals surface area contributed by atoms with Crippen LogP contribution in [0.1, 0.15) is 19.4 Å². The van der Waals surface area contributed by atoms with Crippen LogP contribution in [0.25, 0.3) is 5.57 Å². The molecule has 13 heavy (non-hydrogen) atoms. The second-order valence-corrected chi connectivity index (χ2v) is 3.26. The molecule has 1 aromatic carbocycles. The van der Waals surface area contributed by atoms with Gasteiger partial charge < -0.3 is 0 Å². The minimum absolute atomic E-state index is 0.217. The Morgan fingerprint density at radius 3 is 2.62 bits per heavy atom. The van der Waals surface area contributed by atoms with Gasteiger partial charge in [-0.3, -0.25) is 0 Å². The monoisotopic (exact) mass is 176 g/mol. The zero-order chi connectivity index (χ0) is 9.84. The Balaban J connectivity index is 3.14. The third-order valence-electron chi connectivity index (χ3n) is 1.90. The number of benzene rings is 1. The van der Waals surface area contributed by atoms with Crippen LogP contribution in [0.15, 0.2) is 36.6 Å². The summed E-state index contributed by atoms with van der Waals surface area (Å²) in [4.78, 5) is 0. The Morgan fingerprint density at radius 2 is 2.15 bits per heavy atom. The average molecular weight is 176 g/mol. The molecule has 0 spiro atoms. The van der Waals surface area contributed by atoms with Crippen LogP contribution in [0.3, 0.4) is 0 Å². The summed E-state index contributed by atoms with van der Waals surface area (Å²) in [5, 5.41) is 0. The molecule has 0 fully saturated rings. The molecule has 0 unspecified atom stereocenters. The highest BCUT2D eigenvalue weighted by molar-refractivity contribution is 5.65. The normalized spacial score (nSPS) is 9.85. The molecule has 0 heterocycles. The first-order chi connectivity index (χ1) is 6.15. The van der Waals surface area contributed by atoms with Crippen molar-refractivity contribution in [1.82, 2.24) is 0 Å². The fourth-order valence-electron chi connectivity index (χ4n) is 1.30. The summed E-state index contributed by atoms with van der Waals surface area (Å²) in [5.41, 5.74) is 4.67. The molecule has 1 rings (SSSR count). The SMILES string of the molecule is C=C=C(c1cccc(F)c1)C(C)C. The minimum Gasteiger partial charge on any atom is -0.207 e. The first-order valence-corrected chi connectivity index (χ1v) is 4.31. The van der Waals surface area contributed by atoms with Gasteiger partial charge >= 0.3 is 0 Å². The molecule has 0 nitrogen and oxygen atoms in total. The standard InChI is InChI=1S/C12H13F/c1-4-12(9(2)3)10-6-5-7-11(13)8-10/h5-9H,1H2,2-3H3. The predicted molar refractivity (Wildman–Crippen MR) is 53.8 cm³/mol. The summed E-state index contributed by atoms with van der Waals surface area (Å²) in [7, 11) is 0. The molecule has 1 aromatic rings. The average Bonchev–Trinajstić information content (AvgIpc) is 2.04. The third kappa shape index (κ3) is 2.30. The zero-order valence-electron chi connectivity index (χ0n) is 7.97. The lowest BCUT2D eigenvalue weighted by Crippen LogP contribution is -1.92. The van der Waals surface area contributed by atoms with Crippen LogP contribution in [0.4, 0.5) is 4.39 Å². The van der Waals surface area contributed by atoms with Crippen molar-refractivity contribution in [2.24, 2.45) is 5.92 Å². The molecule has 0 bridgehead atoms. The molecule has 0 amide bonds. The summed E-state index contributed by atoms with van der Waals surface area (Å²) in [5.74, 6) is 0.102. The van der Waals surface area contributed by atoms with Gasteiger partial charge in [0.1, 0.15) is 5.82 Å². The van der Waals surface area contributed by atoms with Crippen LogP contribution in [0.5, 0.6) is 0 Å². The minimum atomic E-state index is -0.217. The number of hydrogen-bond donors (Lipinski definition) is 0. The van der Waals surface area contributed by atoms with Crippen LogP contribution < -0.4 is 0 Å². The largest absolute Gasteiger partial charge is 0.207 e. The third-order valence-corrected chi connectivity index (χ3v) is 1.90. The van der Waals surface area contributed by atoms with Gasteiger partial charge in [0.15, 0.2) is 0 Å². The molecule has 0 aliphatic rings. The molecular formula is C12H13F. The van der Waals surface area contributed by atoms with Crippen LogP contribution in [0, 0.1) is 11.7 Å². The Morgan fingerprint density at radius 1 is 1.46 bits per heavy atom. The fraction of sp³-hybridized carbons (Fsp3) is 0.250. The maximum absolute atomic E-state index is 12.9. The van der Waals surface area contributed by atoms with Crippen LogP contribution >= 0.6 is 0 Å². The molecule has 0 aromatic heterocycles. The number of rotatable bonds is 2. The van der Waals surface area contributed by atoms with E-state index in [1.54, 1.807) is 6.07 Å². The van der Waals surface area contributed by atoms with Gasteiger partial charge in [0.25, 0.3) is 0 Å². The first-order valence-electron chi connectivity index (χ1n) is 4.31. The molecule has 0 saturated heterocycles. The lowest BCUT2D eigenvalue weighted by atomic mass is 9.96. The van der Waals surface area contributed by atoms with E-state index in [0.717, 1.165) is 11.1 Å². The predicted octanol–water partition coefficient (Wildman–Crippen LogP) is 3.65. The highest BCUT2D eigenvalue weighted by Crippen LogP contribution is 2.21. The Kier molecular flexibility index (Phi) is 3.05.